The first-order valence-corrected chi connectivity index (χ1v) is 7.22. The van der Waals surface area contributed by atoms with Gasteiger partial charge in [-0.15, -0.1) is 0 Å². The van der Waals surface area contributed by atoms with Crippen LogP contribution in [0.25, 0.3) is 0 Å². The van der Waals surface area contributed by atoms with E-state index in [1.54, 1.807) is 7.05 Å². The van der Waals surface area contributed by atoms with Gasteiger partial charge in [0.05, 0.1) is 23.0 Å². The zero-order valence-electron chi connectivity index (χ0n) is 10.7. The zero-order valence-corrected chi connectivity index (χ0v) is 11.5. The standard InChI is InChI=1S/C12H13FN4O2S/c1-14-5-9-4-11(2-3-12(9)13)20(18,19)17-10-6-15-8-16-7-10/h2-4,6-8,14,17H,5H2,1H3. The van der Waals surface area contributed by atoms with Gasteiger partial charge in [0, 0.05) is 12.1 Å². The van der Waals surface area contributed by atoms with Gasteiger partial charge < -0.3 is 5.32 Å². The van der Waals surface area contributed by atoms with E-state index in [0.29, 0.717) is 0 Å². The first-order valence-electron chi connectivity index (χ1n) is 5.74. The number of nitrogens with zero attached hydrogens (tertiary/aromatic N) is 2. The Labute approximate surface area is 116 Å². The van der Waals surface area contributed by atoms with E-state index in [1.165, 1.54) is 30.9 Å². The number of hydrogen-bond donors (Lipinski definition) is 2. The Bertz CT molecular complexity index is 692. The van der Waals surface area contributed by atoms with Crippen molar-refractivity contribution in [2.45, 2.75) is 11.4 Å². The van der Waals surface area contributed by atoms with Gasteiger partial charge in [0.25, 0.3) is 10.0 Å². The van der Waals surface area contributed by atoms with Gasteiger partial charge in [-0.3, -0.25) is 4.72 Å². The van der Waals surface area contributed by atoms with Gasteiger partial charge in [0.15, 0.2) is 0 Å². The highest BCUT2D eigenvalue weighted by Gasteiger charge is 2.16. The van der Waals surface area contributed by atoms with Crippen LogP contribution in [-0.4, -0.2) is 25.4 Å². The lowest BCUT2D eigenvalue weighted by molar-refractivity contribution is 0.591. The molecule has 1 aromatic carbocycles. The molecule has 0 aliphatic carbocycles. The van der Waals surface area contributed by atoms with Crippen LogP contribution in [0.15, 0.2) is 41.8 Å². The van der Waals surface area contributed by atoms with Crippen LogP contribution in [0.2, 0.25) is 0 Å². The molecule has 0 atom stereocenters. The number of sulfonamides is 1. The molecule has 1 aromatic heterocycles. The number of halogens is 1. The average molecular weight is 296 g/mol. The third kappa shape index (κ3) is 3.28. The van der Waals surface area contributed by atoms with Crippen LogP contribution in [0.4, 0.5) is 10.1 Å². The summed E-state index contributed by atoms with van der Waals surface area (Å²) >= 11 is 0. The van der Waals surface area contributed by atoms with Gasteiger partial charge in [-0.1, -0.05) is 0 Å². The minimum absolute atomic E-state index is 0.0204. The molecule has 0 fully saturated rings. The van der Waals surface area contributed by atoms with E-state index in [9.17, 15) is 12.8 Å². The average Bonchev–Trinajstić information content (AvgIpc) is 2.42. The van der Waals surface area contributed by atoms with Crippen LogP contribution in [-0.2, 0) is 16.6 Å². The minimum Gasteiger partial charge on any atom is -0.316 e. The van der Waals surface area contributed by atoms with E-state index in [4.69, 9.17) is 0 Å². The summed E-state index contributed by atoms with van der Waals surface area (Å²) in [5.74, 6) is -0.457. The molecule has 0 aliphatic rings. The molecule has 0 radical (unpaired) electrons. The van der Waals surface area contributed by atoms with Crippen molar-refractivity contribution in [3.63, 3.8) is 0 Å². The monoisotopic (exact) mass is 296 g/mol. The number of anilines is 1. The van der Waals surface area contributed by atoms with E-state index in [1.807, 2.05) is 0 Å². The van der Waals surface area contributed by atoms with Crippen molar-refractivity contribution in [3.05, 3.63) is 48.3 Å². The van der Waals surface area contributed by atoms with E-state index in [0.717, 1.165) is 6.07 Å². The molecule has 2 N–H and O–H groups in total. The molecule has 0 saturated heterocycles. The number of hydrogen-bond acceptors (Lipinski definition) is 5. The van der Waals surface area contributed by atoms with Crippen molar-refractivity contribution in [2.75, 3.05) is 11.8 Å². The Morgan fingerprint density at radius 2 is 1.95 bits per heavy atom. The first kappa shape index (κ1) is 14.4. The predicted molar refractivity (Wildman–Crippen MR) is 72.0 cm³/mol. The topological polar surface area (TPSA) is 84.0 Å². The molecule has 0 unspecified atom stereocenters. The van der Waals surface area contributed by atoms with Crippen LogP contribution in [0.5, 0.6) is 0 Å². The second-order valence-electron chi connectivity index (χ2n) is 4.02. The number of nitrogens with one attached hydrogen (secondary N) is 2. The molecule has 0 spiro atoms. The molecule has 0 amide bonds. The normalized spacial score (nSPS) is 11.3. The van der Waals surface area contributed by atoms with Crippen LogP contribution in [0.3, 0.4) is 0 Å². The Hall–Kier alpha value is -2.06. The molecule has 0 aliphatic heterocycles. The fourth-order valence-electron chi connectivity index (χ4n) is 1.61. The molecular weight excluding hydrogens is 283 g/mol. The lowest BCUT2D eigenvalue weighted by Gasteiger charge is -2.09. The number of aromatic nitrogens is 2. The Morgan fingerprint density at radius 3 is 2.60 bits per heavy atom. The van der Waals surface area contributed by atoms with Gasteiger partial charge in [0.2, 0.25) is 0 Å². The molecular formula is C12H13FN4O2S. The van der Waals surface area contributed by atoms with Crippen molar-refractivity contribution < 1.29 is 12.8 Å². The zero-order chi connectivity index (χ0) is 14.6. The molecule has 106 valence electrons. The Kier molecular flexibility index (Phi) is 4.26. The van der Waals surface area contributed by atoms with Crippen LogP contribution in [0.1, 0.15) is 5.56 Å². The van der Waals surface area contributed by atoms with Gasteiger partial charge in [0.1, 0.15) is 12.1 Å². The summed E-state index contributed by atoms with van der Waals surface area (Å²) in [5, 5.41) is 2.78. The maximum Gasteiger partial charge on any atom is 0.262 e. The van der Waals surface area contributed by atoms with Gasteiger partial charge in [-0.25, -0.2) is 22.8 Å². The third-order valence-corrected chi connectivity index (χ3v) is 3.89. The molecule has 0 bridgehead atoms. The van der Waals surface area contributed by atoms with Crippen molar-refractivity contribution >= 4 is 15.7 Å². The molecule has 0 saturated carbocycles. The largest absolute Gasteiger partial charge is 0.316 e. The Morgan fingerprint density at radius 1 is 1.25 bits per heavy atom. The van der Waals surface area contributed by atoms with Gasteiger partial charge >= 0.3 is 0 Å². The lowest BCUT2D eigenvalue weighted by atomic mass is 10.2. The summed E-state index contributed by atoms with van der Waals surface area (Å²) in [6.07, 6.45) is 3.96. The molecule has 2 aromatic rings. The van der Waals surface area contributed by atoms with Gasteiger partial charge in [-0.2, -0.15) is 0 Å². The minimum atomic E-state index is -3.80. The Balaban J connectivity index is 2.32. The van der Waals surface area contributed by atoms with Crippen molar-refractivity contribution in [1.29, 1.82) is 0 Å². The van der Waals surface area contributed by atoms with Crippen LogP contribution < -0.4 is 10.0 Å². The summed E-state index contributed by atoms with van der Waals surface area (Å²) in [7, 11) is -2.14. The number of rotatable bonds is 5. The summed E-state index contributed by atoms with van der Waals surface area (Å²) < 4.78 is 40.1. The smallest absolute Gasteiger partial charge is 0.262 e. The van der Waals surface area contributed by atoms with E-state index >= 15 is 0 Å². The van der Waals surface area contributed by atoms with Crippen molar-refractivity contribution in [1.82, 2.24) is 15.3 Å². The fourth-order valence-corrected chi connectivity index (χ4v) is 2.69. The molecule has 2 rings (SSSR count). The van der Waals surface area contributed by atoms with Crippen LogP contribution in [0, 0.1) is 5.82 Å². The first-order chi connectivity index (χ1) is 9.53. The van der Waals surface area contributed by atoms with Crippen molar-refractivity contribution in [3.8, 4) is 0 Å². The molecule has 6 nitrogen and oxygen atoms in total. The van der Waals surface area contributed by atoms with Gasteiger partial charge in [-0.05, 0) is 25.2 Å². The summed E-state index contributed by atoms with van der Waals surface area (Å²) in [4.78, 5) is 7.41. The quantitative estimate of drug-likeness (QED) is 0.864. The van der Waals surface area contributed by atoms with Crippen molar-refractivity contribution in [2.24, 2.45) is 0 Å². The summed E-state index contributed by atoms with van der Waals surface area (Å²) in [6, 6.07) is 3.63. The molecule has 8 heteroatoms. The molecule has 1 heterocycles. The SMILES string of the molecule is CNCc1cc(S(=O)(=O)Nc2cncnc2)ccc1F. The lowest BCUT2D eigenvalue weighted by Crippen LogP contribution is -2.15. The second-order valence-corrected chi connectivity index (χ2v) is 5.70. The fraction of sp³-hybridized carbons (Fsp3) is 0.167. The van der Waals surface area contributed by atoms with Crippen LogP contribution >= 0.6 is 0 Å². The van der Waals surface area contributed by atoms with E-state index < -0.39 is 15.8 Å². The summed E-state index contributed by atoms with van der Waals surface area (Å²) in [5.41, 5.74) is 0.520. The number of benzene rings is 1. The molecule has 20 heavy (non-hydrogen) atoms. The second kappa shape index (κ2) is 5.93. The predicted octanol–water partition coefficient (Wildman–Crippen LogP) is 1.14. The summed E-state index contributed by atoms with van der Waals surface area (Å²) in [6.45, 7) is 0.240. The highest BCUT2D eigenvalue weighted by atomic mass is 32.2. The van der Waals surface area contributed by atoms with E-state index in [-0.39, 0.29) is 22.7 Å². The highest BCUT2D eigenvalue weighted by Crippen LogP contribution is 2.18. The third-order valence-electron chi connectivity index (χ3n) is 2.51. The maximum atomic E-state index is 13.5. The maximum absolute atomic E-state index is 13.5. The van der Waals surface area contributed by atoms with E-state index in [2.05, 4.69) is 20.0 Å². The highest BCUT2D eigenvalue weighted by molar-refractivity contribution is 7.92.